The summed E-state index contributed by atoms with van der Waals surface area (Å²) in [5.74, 6) is 1.42. The van der Waals surface area contributed by atoms with Gasteiger partial charge in [0.2, 0.25) is 0 Å². The van der Waals surface area contributed by atoms with Crippen molar-refractivity contribution >= 4 is 29.0 Å². The average Bonchev–Trinajstić information content (AvgIpc) is 3.46. The van der Waals surface area contributed by atoms with Gasteiger partial charge in [0.1, 0.15) is 0 Å². The van der Waals surface area contributed by atoms with Crippen LogP contribution in [0.1, 0.15) is 45.5 Å². The maximum absolute atomic E-state index is 12.7. The van der Waals surface area contributed by atoms with Gasteiger partial charge >= 0.3 is 0 Å². The Kier molecular flexibility index (Phi) is 5.60. The quantitative estimate of drug-likeness (QED) is 0.529. The number of nitrogens with one attached hydrogen (secondary N) is 1. The number of hydrogen-bond acceptors (Lipinski definition) is 4. The van der Waals surface area contributed by atoms with Crippen LogP contribution in [-0.2, 0) is 5.75 Å². The molecule has 1 unspecified atom stereocenters. The van der Waals surface area contributed by atoms with Crippen LogP contribution in [0.3, 0.4) is 0 Å². The monoisotopic (exact) mass is 394 g/mol. The smallest absolute Gasteiger partial charge is 0.251 e. The van der Waals surface area contributed by atoms with E-state index in [9.17, 15) is 4.79 Å². The molecule has 0 radical (unpaired) electrons. The van der Waals surface area contributed by atoms with Crippen LogP contribution in [0.15, 0.2) is 64.9 Å². The van der Waals surface area contributed by atoms with Crippen LogP contribution < -0.4 is 5.32 Å². The number of benzene rings is 2. The van der Waals surface area contributed by atoms with E-state index in [0.29, 0.717) is 11.5 Å². The third-order valence-electron chi connectivity index (χ3n) is 4.71. The molecular weight excluding hydrogens is 372 g/mol. The number of thiazole rings is 1. The Labute approximate surface area is 168 Å². The molecule has 138 valence electrons. The van der Waals surface area contributed by atoms with Gasteiger partial charge in [-0.15, -0.1) is 23.1 Å². The minimum absolute atomic E-state index is 0.00225. The van der Waals surface area contributed by atoms with Crippen molar-refractivity contribution in [2.75, 3.05) is 0 Å². The molecule has 4 rings (SSSR count). The third kappa shape index (κ3) is 4.79. The molecule has 3 nitrogen and oxygen atoms in total. The zero-order valence-electron chi connectivity index (χ0n) is 15.2. The second-order valence-corrected chi connectivity index (χ2v) is 8.98. The molecule has 1 saturated carbocycles. The van der Waals surface area contributed by atoms with Crippen LogP contribution in [0.25, 0.3) is 0 Å². The zero-order chi connectivity index (χ0) is 18.6. The molecule has 1 N–H and O–H groups in total. The van der Waals surface area contributed by atoms with Gasteiger partial charge in [-0.3, -0.25) is 4.79 Å². The van der Waals surface area contributed by atoms with E-state index < -0.39 is 0 Å². The number of rotatable bonds is 7. The fraction of sp³-hybridized carbons (Fsp3) is 0.273. The highest BCUT2D eigenvalue weighted by molar-refractivity contribution is 7.98. The maximum atomic E-state index is 12.7. The van der Waals surface area contributed by atoms with Crippen molar-refractivity contribution < 1.29 is 4.79 Å². The van der Waals surface area contributed by atoms with Gasteiger partial charge in [0.15, 0.2) is 0 Å². The lowest BCUT2D eigenvalue weighted by molar-refractivity contribution is 0.0931. The van der Waals surface area contributed by atoms with E-state index in [-0.39, 0.29) is 11.9 Å². The fourth-order valence-electron chi connectivity index (χ4n) is 3.12. The topological polar surface area (TPSA) is 42.0 Å². The minimum atomic E-state index is 0.00225. The number of amides is 1. The summed E-state index contributed by atoms with van der Waals surface area (Å²) in [7, 11) is 0. The average molecular weight is 395 g/mol. The van der Waals surface area contributed by atoms with E-state index in [1.165, 1.54) is 18.4 Å². The van der Waals surface area contributed by atoms with Gasteiger partial charge in [-0.25, -0.2) is 4.98 Å². The second-order valence-electron chi connectivity index (χ2n) is 6.87. The fourth-order valence-corrected chi connectivity index (χ4v) is 4.63. The predicted octanol–water partition coefficient (Wildman–Crippen LogP) is 5.62. The van der Waals surface area contributed by atoms with Crippen molar-refractivity contribution in [1.29, 1.82) is 0 Å². The molecule has 1 heterocycles. The molecule has 2 aromatic carbocycles. The van der Waals surface area contributed by atoms with Crippen LogP contribution in [0.2, 0.25) is 0 Å². The maximum Gasteiger partial charge on any atom is 0.251 e. The highest BCUT2D eigenvalue weighted by Crippen LogP contribution is 2.41. The first-order valence-electron chi connectivity index (χ1n) is 9.19. The molecule has 1 amide bonds. The van der Waals surface area contributed by atoms with Crippen LogP contribution in [-0.4, -0.2) is 10.9 Å². The summed E-state index contributed by atoms with van der Waals surface area (Å²) in [6.07, 6.45) is 2.37. The normalized spacial score (nSPS) is 14.7. The summed E-state index contributed by atoms with van der Waals surface area (Å²) in [5.41, 5.74) is 3.02. The first-order valence-corrected chi connectivity index (χ1v) is 11.1. The van der Waals surface area contributed by atoms with Gasteiger partial charge in [0, 0.05) is 21.6 Å². The Hall–Kier alpha value is -2.11. The van der Waals surface area contributed by atoms with Crippen LogP contribution >= 0.6 is 23.1 Å². The van der Waals surface area contributed by atoms with Gasteiger partial charge in [-0.1, -0.05) is 30.3 Å². The minimum Gasteiger partial charge on any atom is -0.345 e. The number of aryl methyl sites for hydroxylation is 1. The summed E-state index contributed by atoms with van der Waals surface area (Å²) < 4.78 is 0. The molecule has 27 heavy (non-hydrogen) atoms. The lowest BCUT2D eigenvalue weighted by Crippen LogP contribution is -2.29. The molecule has 0 bridgehead atoms. The van der Waals surface area contributed by atoms with Gasteiger partial charge in [-0.05, 0) is 55.5 Å². The van der Waals surface area contributed by atoms with Gasteiger partial charge in [0.05, 0.1) is 16.7 Å². The second kappa shape index (κ2) is 8.28. The van der Waals surface area contributed by atoms with E-state index in [1.807, 2.05) is 49.4 Å². The molecule has 1 aromatic heterocycles. The Bertz CT molecular complexity index is 902. The van der Waals surface area contributed by atoms with E-state index >= 15 is 0 Å². The van der Waals surface area contributed by atoms with Crippen molar-refractivity contribution in [3.8, 4) is 0 Å². The largest absolute Gasteiger partial charge is 0.345 e. The lowest BCUT2D eigenvalue weighted by atomic mass is 10.0. The van der Waals surface area contributed by atoms with E-state index in [0.717, 1.165) is 21.3 Å². The summed E-state index contributed by atoms with van der Waals surface area (Å²) in [6, 6.07) is 18.3. The Morgan fingerprint density at radius 3 is 2.56 bits per heavy atom. The number of carbonyl (C=O) groups is 1. The number of carbonyl (C=O) groups excluding carboxylic acids is 1. The number of hydrogen-bond donors (Lipinski definition) is 1. The molecule has 1 aliphatic carbocycles. The number of nitrogens with zero attached hydrogens (tertiary/aromatic N) is 1. The molecule has 1 aliphatic rings. The summed E-state index contributed by atoms with van der Waals surface area (Å²) in [6.45, 7) is 2.02. The molecule has 0 spiro atoms. The third-order valence-corrected chi connectivity index (χ3v) is 6.58. The van der Waals surface area contributed by atoms with Crippen LogP contribution in [0.5, 0.6) is 0 Å². The van der Waals surface area contributed by atoms with E-state index in [2.05, 4.69) is 27.8 Å². The van der Waals surface area contributed by atoms with E-state index in [1.54, 1.807) is 23.1 Å². The Morgan fingerprint density at radius 2 is 1.93 bits per heavy atom. The van der Waals surface area contributed by atoms with Gasteiger partial charge in [-0.2, -0.15) is 0 Å². The first kappa shape index (κ1) is 18.3. The van der Waals surface area contributed by atoms with Crippen LogP contribution in [0, 0.1) is 12.8 Å². The summed E-state index contributed by atoms with van der Waals surface area (Å²) in [4.78, 5) is 18.4. The first-order chi connectivity index (χ1) is 13.2. The molecule has 3 aromatic rings. The lowest BCUT2D eigenvalue weighted by Gasteiger charge is -2.19. The van der Waals surface area contributed by atoms with Crippen molar-refractivity contribution in [2.45, 2.75) is 36.5 Å². The zero-order valence-corrected chi connectivity index (χ0v) is 16.9. The van der Waals surface area contributed by atoms with Gasteiger partial charge < -0.3 is 5.32 Å². The molecule has 1 atom stereocenters. The Balaban J connectivity index is 1.38. The van der Waals surface area contributed by atoms with Crippen molar-refractivity contribution in [2.24, 2.45) is 5.92 Å². The van der Waals surface area contributed by atoms with Crippen molar-refractivity contribution in [3.05, 3.63) is 81.8 Å². The standard InChI is InChI=1S/C22H22N2OS2/c1-15-23-19(13-26-15)14-27-20-11-9-18(10-12-20)22(25)24-21(17-7-8-17)16-5-3-2-4-6-16/h2-6,9-13,17,21H,7-8,14H2,1H3,(H,24,25). The Morgan fingerprint density at radius 1 is 1.19 bits per heavy atom. The highest BCUT2D eigenvalue weighted by Gasteiger charge is 2.33. The predicted molar refractivity (Wildman–Crippen MR) is 112 cm³/mol. The number of thioether (sulfide) groups is 1. The van der Waals surface area contributed by atoms with Crippen molar-refractivity contribution in [3.63, 3.8) is 0 Å². The highest BCUT2D eigenvalue weighted by atomic mass is 32.2. The molecule has 0 saturated heterocycles. The van der Waals surface area contributed by atoms with Gasteiger partial charge in [0.25, 0.3) is 5.91 Å². The van der Waals surface area contributed by atoms with Crippen molar-refractivity contribution in [1.82, 2.24) is 10.3 Å². The van der Waals surface area contributed by atoms with E-state index in [4.69, 9.17) is 0 Å². The molecule has 1 fully saturated rings. The summed E-state index contributed by atoms with van der Waals surface area (Å²) in [5, 5.41) is 6.44. The van der Waals surface area contributed by atoms with Crippen LogP contribution in [0.4, 0.5) is 0 Å². The molecule has 5 heteroatoms. The molecule has 0 aliphatic heterocycles. The molecular formula is C22H22N2OS2. The summed E-state index contributed by atoms with van der Waals surface area (Å²) >= 11 is 3.43. The SMILES string of the molecule is Cc1nc(CSc2ccc(C(=O)NC(c3ccccc3)C3CC3)cc2)cs1. The number of aromatic nitrogens is 1.